The highest BCUT2D eigenvalue weighted by molar-refractivity contribution is 8.00. The van der Waals surface area contributed by atoms with Gasteiger partial charge in [0.25, 0.3) is 0 Å². The van der Waals surface area contributed by atoms with E-state index >= 15 is 0 Å². The zero-order valence-corrected chi connectivity index (χ0v) is 16.0. The summed E-state index contributed by atoms with van der Waals surface area (Å²) in [5.41, 5.74) is 2.11. The van der Waals surface area contributed by atoms with Gasteiger partial charge in [0.05, 0.1) is 5.69 Å². The summed E-state index contributed by atoms with van der Waals surface area (Å²) in [6.45, 7) is 2.19. The molecule has 0 amide bonds. The average molecular weight is 371 g/mol. The third kappa shape index (κ3) is 5.95. The van der Waals surface area contributed by atoms with Gasteiger partial charge in [-0.2, -0.15) is 11.8 Å². The molecular weight excluding hydrogens is 344 g/mol. The molecule has 0 radical (unpaired) electrons. The predicted molar refractivity (Wildman–Crippen MR) is 109 cm³/mol. The van der Waals surface area contributed by atoms with Crippen molar-refractivity contribution in [1.82, 2.24) is 15.6 Å². The van der Waals surface area contributed by atoms with Gasteiger partial charge in [-0.05, 0) is 48.4 Å². The number of thioether (sulfide) groups is 1. The zero-order chi connectivity index (χ0) is 18.0. The number of aliphatic imine (C=N–C) groups is 1. The summed E-state index contributed by atoms with van der Waals surface area (Å²) >= 11 is 2.05. The minimum Gasteiger partial charge on any atom is -0.487 e. The molecule has 1 fully saturated rings. The molecule has 5 nitrogen and oxygen atoms in total. The number of pyridine rings is 1. The van der Waals surface area contributed by atoms with Crippen molar-refractivity contribution in [3.8, 4) is 5.75 Å². The van der Waals surface area contributed by atoms with Gasteiger partial charge in [0, 0.05) is 31.6 Å². The van der Waals surface area contributed by atoms with Crippen LogP contribution in [0.1, 0.15) is 24.1 Å². The summed E-state index contributed by atoms with van der Waals surface area (Å²) in [6, 6.07) is 14.0. The molecule has 1 saturated heterocycles. The van der Waals surface area contributed by atoms with E-state index in [4.69, 9.17) is 4.74 Å². The van der Waals surface area contributed by atoms with Gasteiger partial charge in [-0.1, -0.05) is 18.2 Å². The van der Waals surface area contributed by atoms with Crippen LogP contribution in [0.4, 0.5) is 0 Å². The third-order valence-electron chi connectivity index (χ3n) is 4.24. The van der Waals surface area contributed by atoms with Gasteiger partial charge in [0.1, 0.15) is 12.4 Å². The lowest BCUT2D eigenvalue weighted by Crippen LogP contribution is -2.39. The monoisotopic (exact) mass is 370 g/mol. The predicted octanol–water partition coefficient (Wildman–Crippen LogP) is 3.22. The minimum absolute atomic E-state index is 0.480. The van der Waals surface area contributed by atoms with Crippen molar-refractivity contribution >= 4 is 17.7 Å². The smallest absolute Gasteiger partial charge is 0.191 e. The van der Waals surface area contributed by atoms with E-state index in [0.29, 0.717) is 11.9 Å². The highest BCUT2D eigenvalue weighted by atomic mass is 32.2. The second-order valence-electron chi connectivity index (χ2n) is 6.20. The lowest BCUT2D eigenvalue weighted by molar-refractivity contribution is 0.301. The molecule has 1 aromatic heterocycles. The van der Waals surface area contributed by atoms with Crippen molar-refractivity contribution < 1.29 is 4.74 Å². The number of aromatic nitrogens is 1. The number of guanidine groups is 1. The topological polar surface area (TPSA) is 58.5 Å². The molecule has 2 aromatic rings. The first kappa shape index (κ1) is 18.6. The molecule has 138 valence electrons. The van der Waals surface area contributed by atoms with E-state index in [1.807, 2.05) is 37.4 Å². The van der Waals surface area contributed by atoms with Crippen LogP contribution in [0.25, 0.3) is 0 Å². The van der Waals surface area contributed by atoms with Gasteiger partial charge >= 0.3 is 0 Å². The van der Waals surface area contributed by atoms with E-state index in [2.05, 4.69) is 44.5 Å². The maximum Gasteiger partial charge on any atom is 0.191 e. The van der Waals surface area contributed by atoms with Gasteiger partial charge in [-0.3, -0.25) is 9.98 Å². The quantitative estimate of drug-likeness (QED) is 0.579. The molecule has 0 spiro atoms. The van der Waals surface area contributed by atoms with Gasteiger partial charge < -0.3 is 15.4 Å². The van der Waals surface area contributed by atoms with E-state index < -0.39 is 0 Å². The van der Waals surface area contributed by atoms with Gasteiger partial charge in [0.15, 0.2) is 5.96 Å². The number of nitrogens with zero attached hydrogens (tertiary/aromatic N) is 2. The second kappa shape index (κ2) is 10.1. The molecule has 2 N–H and O–H groups in total. The van der Waals surface area contributed by atoms with Crippen molar-refractivity contribution in [3.05, 3.63) is 59.9 Å². The van der Waals surface area contributed by atoms with Crippen LogP contribution in [0.3, 0.4) is 0 Å². The summed E-state index contributed by atoms with van der Waals surface area (Å²) in [5.74, 6) is 2.99. The number of hydrogen-bond acceptors (Lipinski definition) is 4. The molecule has 26 heavy (non-hydrogen) atoms. The lowest BCUT2D eigenvalue weighted by atomic mass is 10.2. The standard InChI is InChI=1S/C20H26N4OS/c1-21-20(24-14-19-6-4-12-26-19)23-13-16-7-9-18(10-8-16)25-15-17-5-2-3-11-22-17/h2-3,5,7-11,19H,4,6,12-15H2,1H3,(H2,21,23,24). The van der Waals surface area contributed by atoms with Crippen LogP contribution in [-0.4, -0.2) is 35.5 Å². The normalized spacial score (nSPS) is 17.1. The third-order valence-corrected chi connectivity index (χ3v) is 5.64. The number of benzene rings is 1. The molecule has 3 rings (SSSR count). The Labute approximate surface area is 159 Å². The van der Waals surface area contributed by atoms with Crippen LogP contribution in [0, 0.1) is 0 Å². The Hall–Kier alpha value is -2.21. The summed E-state index contributed by atoms with van der Waals surface area (Å²) in [5, 5.41) is 7.50. The van der Waals surface area contributed by atoms with Crippen LogP contribution >= 0.6 is 11.8 Å². The van der Waals surface area contributed by atoms with Crippen LogP contribution in [0.15, 0.2) is 53.7 Å². The largest absolute Gasteiger partial charge is 0.487 e. The Balaban J connectivity index is 1.41. The Morgan fingerprint density at radius 2 is 2.12 bits per heavy atom. The number of hydrogen-bond donors (Lipinski definition) is 2. The number of rotatable bonds is 7. The molecule has 1 unspecified atom stereocenters. The fourth-order valence-corrected chi connectivity index (χ4v) is 3.97. The minimum atomic E-state index is 0.480. The molecule has 1 atom stereocenters. The molecule has 1 aromatic carbocycles. The molecule has 2 heterocycles. The molecule has 1 aliphatic rings. The van der Waals surface area contributed by atoms with E-state index in [-0.39, 0.29) is 0 Å². The zero-order valence-electron chi connectivity index (χ0n) is 15.1. The molecule has 6 heteroatoms. The fourth-order valence-electron chi connectivity index (χ4n) is 2.77. The summed E-state index contributed by atoms with van der Waals surface area (Å²) in [4.78, 5) is 8.56. The Kier molecular flexibility index (Phi) is 7.19. The van der Waals surface area contributed by atoms with Crippen molar-refractivity contribution in [1.29, 1.82) is 0 Å². The molecular formula is C20H26N4OS. The van der Waals surface area contributed by atoms with E-state index in [1.165, 1.54) is 24.2 Å². The van der Waals surface area contributed by atoms with Crippen LogP contribution in [0.5, 0.6) is 5.75 Å². The van der Waals surface area contributed by atoms with Gasteiger partial charge in [-0.25, -0.2) is 0 Å². The van der Waals surface area contributed by atoms with Gasteiger partial charge in [0.2, 0.25) is 0 Å². The number of nitrogens with one attached hydrogen (secondary N) is 2. The highest BCUT2D eigenvalue weighted by Crippen LogP contribution is 2.25. The second-order valence-corrected chi connectivity index (χ2v) is 7.60. The van der Waals surface area contributed by atoms with Crippen molar-refractivity contribution in [2.45, 2.75) is 31.2 Å². The van der Waals surface area contributed by atoms with Gasteiger partial charge in [-0.15, -0.1) is 0 Å². The van der Waals surface area contributed by atoms with E-state index in [9.17, 15) is 0 Å². The maximum atomic E-state index is 5.77. The van der Waals surface area contributed by atoms with Crippen molar-refractivity contribution in [2.75, 3.05) is 19.3 Å². The lowest BCUT2D eigenvalue weighted by Gasteiger charge is -2.15. The van der Waals surface area contributed by atoms with Crippen LogP contribution in [0.2, 0.25) is 0 Å². The summed E-state index contributed by atoms with van der Waals surface area (Å²) in [7, 11) is 1.81. The average Bonchev–Trinajstić information content (AvgIpc) is 3.22. The first-order valence-electron chi connectivity index (χ1n) is 9.01. The van der Waals surface area contributed by atoms with Crippen LogP contribution < -0.4 is 15.4 Å². The summed E-state index contributed by atoms with van der Waals surface area (Å²) in [6.07, 6.45) is 4.41. The van der Waals surface area contributed by atoms with E-state index in [1.54, 1.807) is 6.20 Å². The van der Waals surface area contributed by atoms with E-state index in [0.717, 1.165) is 30.5 Å². The van der Waals surface area contributed by atoms with Crippen molar-refractivity contribution in [3.63, 3.8) is 0 Å². The molecule has 0 saturated carbocycles. The Bertz CT molecular complexity index is 685. The molecule has 0 aliphatic carbocycles. The van der Waals surface area contributed by atoms with Crippen molar-refractivity contribution in [2.24, 2.45) is 4.99 Å². The number of ether oxygens (including phenoxy) is 1. The fraction of sp³-hybridized carbons (Fsp3) is 0.400. The van der Waals surface area contributed by atoms with Crippen LogP contribution in [-0.2, 0) is 13.2 Å². The Morgan fingerprint density at radius 1 is 1.23 bits per heavy atom. The Morgan fingerprint density at radius 3 is 2.81 bits per heavy atom. The summed E-state index contributed by atoms with van der Waals surface area (Å²) < 4.78 is 5.77. The first-order chi connectivity index (χ1) is 12.8. The molecule has 1 aliphatic heterocycles. The highest BCUT2D eigenvalue weighted by Gasteiger charge is 2.15. The maximum absolute atomic E-state index is 5.77. The first-order valence-corrected chi connectivity index (χ1v) is 10.1. The SMILES string of the molecule is CN=C(NCc1ccc(OCc2ccccn2)cc1)NCC1CCCS1. The molecule has 0 bridgehead atoms.